The van der Waals surface area contributed by atoms with Crippen molar-refractivity contribution in [3.63, 3.8) is 0 Å². The number of benzene rings is 2. The van der Waals surface area contributed by atoms with E-state index >= 15 is 0 Å². The van der Waals surface area contributed by atoms with Crippen LogP contribution >= 0.6 is 0 Å². The van der Waals surface area contributed by atoms with E-state index in [1.54, 1.807) is 39.5 Å². The summed E-state index contributed by atoms with van der Waals surface area (Å²) in [6.45, 7) is 2.03. The van der Waals surface area contributed by atoms with Crippen molar-refractivity contribution in [1.82, 2.24) is 0 Å². The lowest BCUT2D eigenvalue weighted by atomic mass is 10.0. The summed E-state index contributed by atoms with van der Waals surface area (Å²) in [7, 11) is -1.52. The van der Waals surface area contributed by atoms with Gasteiger partial charge in [-0.1, -0.05) is 30.3 Å². The first kappa shape index (κ1) is 21.6. The minimum Gasteiger partial charge on any atom is -0.496 e. The van der Waals surface area contributed by atoms with Gasteiger partial charge in [0.05, 0.1) is 7.11 Å². The zero-order valence-corrected chi connectivity index (χ0v) is 17.9. The molecule has 2 aromatic rings. The zero-order chi connectivity index (χ0) is 20.1. The Hall–Kier alpha value is -1.71. The second kappa shape index (κ2) is 8.98. The molecule has 0 aromatic heterocycles. The first-order valence-electron chi connectivity index (χ1n) is 8.58. The van der Waals surface area contributed by atoms with Gasteiger partial charge in [0.25, 0.3) is 10.1 Å². The molecule has 8 heteroatoms. The van der Waals surface area contributed by atoms with Crippen molar-refractivity contribution in [3.8, 4) is 16.9 Å². The molecular weight excluding hydrogens is 384 g/mol. The molecule has 0 radical (unpaired) electrons. The summed E-state index contributed by atoms with van der Waals surface area (Å²) in [6, 6.07) is 12.8. The smallest absolute Gasteiger partial charge is 0.334 e. The van der Waals surface area contributed by atoms with Crippen molar-refractivity contribution in [2.75, 3.05) is 21.3 Å². The summed E-state index contributed by atoms with van der Waals surface area (Å²) in [5.41, 5.74) is 2.09. The molecule has 0 bridgehead atoms. The van der Waals surface area contributed by atoms with E-state index < -0.39 is 18.7 Å². The molecule has 0 saturated heterocycles. The normalized spacial score (nSPS) is 12.2. The molecule has 0 amide bonds. The van der Waals surface area contributed by atoms with Gasteiger partial charge in [0.15, 0.2) is 0 Å². The van der Waals surface area contributed by atoms with E-state index in [0.717, 1.165) is 24.4 Å². The SMILES string of the molecule is COc1cc(CCC[Si](C)(OC)OC)ccc1-c1ccccc1S(=O)(=O)O. The van der Waals surface area contributed by atoms with Crippen LogP contribution in [0.15, 0.2) is 47.4 Å². The summed E-state index contributed by atoms with van der Waals surface area (Å²) in [4.78, 5) is -0.141. The average molecular weight is 411 g/mol. The van der Waals surface area contributed by atoms with E-state index in [0.29, 0.717) is 16.9 Å². The lowest BCUT2D eigenvalue weighted by Gasteiger charge is -2.22. The van der Waals surface area contributed by atoms with Crippen LogP contribution in [0.1, 0.15) is 12.0 Å². The molecule has 2 rings (SSSR count). The van der Waals surface area contributed by atoms with Crippen molar-refractivity contribution in [2.24, 2.45) is 0 Å². The Balaban J connectivity index is 2.28. The van der Waals surface area contributed by atoms with Crippen LogP contribution in [0, 0.1) is 0 Å². The van der Waals surface area contributed by atoms with Gasteiger partial charge >= 0.3 is 8.56 Å². The number of ether oxygens (including phenoxy) is 1. The third kappa shape index (κ3) is 5.39. The van der Waals surface area contributed by atoms with Crippen molar-refractivity contribution in [3.05, 3.63) is 48.0 Å². The van der Waals surface area contributed by atoms with E-state index in [9.17, 15) is 13.0 Å². The summed E-state index contributed by atoms with van der Waals surface area (Å²) < 4.78 is 49.3. The molecular formula is C19H26O6SSi. The van der Waals surface area contributed by atoms with E-state index in [1.165, 1.54) is 6.07 Å². The highest BCUT2D eigenvalue weighted by molar-refractivity contribution is 7.86. The third-order valence-electron chi connectivity index (χ3n) is 4.68. The van der Waals surface area contributed by atoms with Crippen LogP contribution in [-0.4, -0.2) is 42.9 Å². The van der Waals surface area contributed by atoms with Gasteiger partial charge in [0, 0.05) is 25.3 Å². The molecule has 1 N–H and O–H groups in total. The first-order chi connectivity index (χ1) is 12.7. The van der Waals surface area contributed by atoms with Crippen LogP contribution in [0.3, 0.4) is 0 Å². The first-order valence-corrected chi connectivity index (χ1v) is 12.5. The van der Waals surface area contributed by atoms with Crippen LogP contribution in [-0.2, 0) is 25.4 Å². The van der Waals surface area contributed by atoms with Crippen molar-refractivity contribution >= 4 is 18.7 Å². The summed E-state index contributed by atoms with van der Waals surface area (Å²) in [6.07, 6.45) is 1.74. The Kier molecular flexibility index (Phi) is 7.18. The molecule has 0 aliphatic carbocycles. The largest absolute Gasteiger partial charge is 0.496 e. The highest BCUT2D eigenvalue weighted by Crippen LogP contribution is 2.35. The molecule has 0 heterocycles. The molecule has 27 heavy (non-hydrogen) atoms. The molecule has 0 spiro atoms. The van der Waals surface area contributed by atoms with Crippen molar-refractivity contribution < 1.29 is 26.6 Å². The van der Waals surface area contributed by atoms with Crippen LogP contribution in [0.2, 0.25) is 12.6 Å². The van der Waals surface area contributed by atoms with Crippen molar-refractivity contribution in [2.45, 2.75) is 30.3 Å². The fraction of sp³-hybridized carbons (Fsp3) is 0.368. The molecule has 0 saturated carbocycles. The Bertz CT molecular complexity index is 878. The zero-order valence-electron chi connectivity index (χ0n) is 16.1. The molecule has 0 aliphatic rings. The summed E-state index contributed by atoms with van der Waals surface area (Å²) >= 11 is 0. The highest BCUT2D eigenvalue weighted by atomic mass is 32.2. The maximum atomic E-state index is 11.7. The Labute approximate surface area is 162 Å². The monoisotopic (exact) mass is 410 g/mol. The van der Waals surface area contributed by atoms with E-state index in [1.807, 2.05) is 24.7 Å². The van der Waals surface area contributed by atoms with E-state index in [2.05, 4.69) is 0 Å². The predicted octanol–water partition coefficient (Wildman–Crippen LogP) is 3.91. The number of methoxy groups -OCH3 is 1. The lowest BCUT2D eigenvalue weighted by molar-refractivity contribution is 0.248. The van der Waals surface area contributed by atoms with Gasteiger partial charge in [0.1, 0.15) is 10.6 Å². The Morgan fingerprint density at radius 3 is 2.26 bits per heavy atom. The molecule has 0 atom stereocenters. The van der Waals surface area contributed by atoms with Crippen LogP contribution in [0.4, 0.5) is 0 Å². The van der Waals surface area contributed by atoms with Gasteiger partial charge in [-0.3, -0.25) is 4.55 Å². The fourth-order valence-corrected chi connectivity index (χ4v) is 5.03. The fourth-order valence-electron chi connectivity index (χ4n) is 2.93. The maximum absolute atomic E-state index is 11.7. The van der Waals surface area contributed by atoms with Gasteiger partial charge in [-0.05, 0) is 43.1 Å². The van der Waals surface area contributed by atoms with Gasteiger partial charge in [-0.15, -0.1) is 0 Å². The Morgan fingerprint density at radius 2 is 1.67 bits per heavy atom. The van der Waals surface area contributed by atoms with Gasteiger partial charge in [-0.2, -0.15) is 8.42 Å². The lowest BCUT2D eigenvalue weighted by Crippen LogP contribution is -2.35. The number of rotatable bonds is 9. The number of hydrogen-bond acceptors (Lipinski definition) is 5. The molecule has 6 nitrogen and oxygen atoms in total. The molecule has 0 aliphatic heterocycles. The van der Waals surface area contributed by atoms with Crippen LogP contribution in [0.25, 0.3) is 11.1 Å². The Morgan fingerprint density at radius 1 is 1.00 bits per heavy atom. The summed E-state index contributed by atoms with van der Waals surface area (Å²) in [5.74, 6) is 0.557. The van der Waals surface area contributed by atoms with Gasteiger partial charge < -0.3 is 13.6 Å². The summed E-state index contributed by atoms with van der Waals surface area (Å²) in [5, 5.41) is 0. The molecule has 0 unspecified atom stereocenters. The van der Waals surface area contributed by atoms with Crippen LogP contribution in [0.5, 0.6) is 5.75 Å². The molecule has 2 aromatic carbocycles. The van der Waals surface area contributed by atoms with E-state index in [4.69, 9.17) is 13.6 Å². The second-order valence-corrected chi connectivity index (χ2v) is 11.4. The number of hydrogen-bond donors (Lipinski definition) is 1. The standard InChI is InChI=1S/C19H26O6SSi/c1-23-18-14-15(8-7-13-27(4,24-2)25-3)11-12-16(18)17-9-5-6-10-19(17)26(20,21)22/h5-6,9-12,14H,7-8,13H2,1-4H3,(H,20,21,22). The van der Waals surface area contributed by atoms with Gasteiger partial charge in [-0.25, -0.2) is 0 Å². The minimum atomic E-state index is -4.33. The molecule has 0 fully saturated rings. The van der Waals surface area contributed by atoms with Gasteiger partial charge in [0.2, 0.25) is 0 Å². The third-order valence-corrected chi connectivity index (χ3v) is 8.58. The number of aryl methyl sites for hydroxylation is 1. The predicted molar refractivity (Wildman–Crippen MR) is 107 cm³/mol. The average Bonchev–Trinajstić information content (AvgIpc) is 2.67. The topological polar surface area (TPSA) is 82.1 Å². The van der Waals surface area contributed by atoms with E-state index in [-0.39, 0.29) is 4.90 Å². The highest BCUT2D eigenvalue weighted by Gasteiger charge is 2.27. The van der Waals surface area contributed by atoms with Crippen LogP contribution < -0.4 is 4.74 Å². The minimum absolute atomic E-state index is 0.141. The second-order valence-electron chi connectivity index (χ2n) is 6.40. The quantitative estimate of drug-likeness (QED) is 0.499. The van der Waals surface area contributed by atoms with Crippen molar-refractivity contribution in [1.29, 1.82) is 0 Å². The molecule has 148 valence electrons. The maximum Gasteiger partial charge on any atom is 0.334 e.